The van der Waals surface area contributed by atoms with Gasteiger partial charge in [0.05, 0.1) is 11.4 Å². The van der Waals surface area contributed by atoms with E-state index in [-0.39, 0.29) is 15.7 Å². The van der Waals surface area contributed by atoms with Crippen molar-refractivity contribution in [2.24, 2.45) is 0 Å². The van der Waals surface area contributed by atoms with E-state index in [4.69, 9.17) is 0 Å². The van der Waals surface area contributed by atoms with Crippen LogP contribution in [0.1, 0.15) is 6.92 Å². The Kier molecular flexibility index (Phi) is 3.82. The zero-order valence-electron chi connectivity index (χ0n) is 11.6. The van der Waals surface area contributed by atoms with Crippen molar-refractivity contribution in [2.45, 2.75) is 18.3 Å². The largest absolute Gasteiger partial charge is 0.523 e. The van der Waals surface area contributed by atoms with Crippen molar-refractivity contribution in [3.63, 3.8) is 0 Å². The molecule has 13 heteroatoms. The molecule has 7 nitrogen and oxygen atoms in total. The molecule has 130 valence electrons. The highest BCUT2D eigenvalue weighted by Crippen LogP contribution is 2.48. The molecule has 0 aromatic heterocycles. The molecule has 1 heterocycles. The maximum atomic E-state index is 13.6. The number of alkyl halides is 3. The van der Waals surface area contributed by atoms with Crippen LogP contribution < -0.4 is 9.21 Å². The van der Waals surface area contributed by atoms with Crippen LogP contribution >= 0.6 is 0 Å². The Morgan fingerprint density at radius 2 is 1.57 bits per heavy atom. The summed E-state index contributed by atoms with van der Waals surface area (Å²) in [5.74, 6) is -2.80. The number of hydrogen-bond acceptors (Lipinski definition) is 6. The van der Waals surface area contributed by atoms with Gasteiger partial charge in [0.1, 0.15) is 0 Å². The van der Waals surface area contributed by atoms with Gasteiger partial charge in [0.15, 0.2) is 0 Å². The molecule has 0 aliphatic carbocycles. The Labute approximate surface area is 129 Å². The summed E-state index contributed by atoms with van der Waals surface area (Å²) < 4.78 is 100. The summed E-state index contributed by atoms with van der Waals surface area (Å²) in [4.78, 5) is 0.767. The second kappa shape index (κ2) is 4.95. The molecular weight excluding hydrogens is 368 g/mol. The lowest BCUT2D eigenvalue weighted by atomic mass is 10.3. The SMILES string of the molecule is CN1c2ccccc2N(S(=O)(=O)F)C1(C)OS(=O)(=O)C(F)(F)F. The maximum absolute atomic E-state index is 13.6. The number of benzene rings is 1. The van der Waals surface area contributed by atoms with Crippen molar-refractivity contribution < 1.29 is 38.1 Å². The molecule has 1 aliphatic heterocycles. The van der Waals surface area contributed by atoms with E-state index < -0.39 is 31.9 Å². The van der Waals surface area contributed by atoms with Crippen molar-refractivity contribution >= 4 is 31.9 Å². The second-order valence-electron chi connectivity index (χ2n) is 4.67. The van der Waals surface area contributed by atoms with E-state index in [0.717, 1.165) is 18.0 Å². The smallest absolute Gasteiger partial charge is 0.326 e. The number of nitrogens with zero attached hydrogens (tertiary/aromatic N) is 2. The average Bonchev–Trinajstić information content (AvgIpc) is 2.56. The van der Waals surface area contributed by atoms with Gasteiger partial charge < -0.3 is 4.90 Å². The summed E-state index contributed by atoms with van der Waals surface area (Å²) >= 11 is 0. The maximum Gasteiger partial charge on any atom is 0.523 e. The Morgan fingerprint density at radius 1 is 1.09 bits per heavy atom. The average molecular weight is 378 g/mol. The van der Waals surface area contributed by atoms with Crippen molar-refractivity contribution in [2.75, 3.05) is 16.3 Å². The highest BCUT2D eigenvalue weighted by Gasteiger charge is 2.59. The van der Waals surface area contributed by atoms with Crippen molar-refractivity contribution in [3.05, 3.63) is 24.3 Å². The van der Waals surface area contributed by atoms with E-state index >= 15 is 0 Å². The number of anilines is 2. The Balaban J connectivity index is 2.66. The van der Waals surface area contributed by atoms with Gasteiger partial charge in [0, 0.05) is 14.0 Å². The molecule has 0 amide bonds. The number of hydrogen-bond donors (Lipinski definition) is 0. The predicted octanol–water partition coefficient (Wildman–Crippen LogP) is 1.70. The van der Waals surface area contributed by atoms with Crippen LogP contribution in [-0.2, 0) is 24.7 Å². The summed E-state index contributed by atoms with van der Waals surface area (Å²) in [7, 11) is -10.8. The molecule has 1 aromatic rings. The summed E-state index contributed by atoms with van der Waals surface area (Å²) in [5, 5.41) is 0. The summed E-state index contributed by atoms with van der Waals surface area (Å²) in [6, 6.07) is 5.07. The van der Waals surface area contributed by atoms with Gasteiger partial charge >= 0.3 is 26.0 Å². The molecule has 1 aliphatic rings. The third-order valence-electron chi connectivity index (χ3n) is 3.23. The first-order valence-electron chi connectivity index (χ1n) is 5.81. The lowest BCUT2D eigenvalue weighted by molar-refractivity contribution is -0.0624. The van der Waals surface area contributed by atoms with Gasteiger partial charge in [-0.1, -0.05) is 16.0 Å². The molecule has 1 atom stereocenters. The van der Waals surface area contributed by atoms with E-state index in [1.807, 2.05) is 0 Å². The monoisotopic (exact) mass is 378 g/mol. The molecule has 0 radical (unpaired) electrons. The quantitative estimate of drug-likeness (QED) is 0.345. The Bertz CT molecular complexity index is 839. The van der Waals surface area contributed by atoms with Crippen molar-refractivity contribution in [1.82, 2.24) is 0 Å². The van der Waals surface area contributed by atoms with Crippen LogP contribution in [0.4, 0.5) is 28.4 Å². The fraction of sp³-hybridized carbons (Fsp3) is 0.400. The lowest BCUT2D eigenvalue weighted by Crippen LogP contribution is -2.58. The standard InChI is InChI=1S/C10H10F4N2O5S2/c1-9(21-22(17,18)10(11,12)13)15(2)7-5-3-4-6-8(7)16(9)23(14,19)20/h3-6H,1-2H3. The Morgan fingerprint density at radius 3 is 2.00 bits per heavy atom. The minimum Gasteiger partial charge on any atom is -0.326 e. The highest BCUT2D eigenvalue weighted by atomic mass is 32.3. The molecule has 1 aromatic carbocycles. The van der Waals surface area contributed by atoms with Crippen LogP contribution in [0.15, 0.2) is 24.3 Å². The van der Waals surface area contributed by atoms with E-state index in [2.05, 4.69) is 4.18 Å². The van der Waals surface area contributed by atoms with E-state index in [1.54, 1.807) is 0 Å². The van der Waals surface area contributed by atoms with Gasteiger partial charge in [-0.15, -0.1) is 0 Å². The first-order chi connectivity index (χ1) is 10.2. The summed E-state index contributed by atoms with van der Waals surface area (Å²) in [5.41, 5.74) is -6.21. The summed E-state index contributed by atoms with van der Waals surface area (Å²) in [6.07, 6.45) is 0. The minimum absolute atomic E-state index is 0.0337. The number of para-hydroxylation sites is 2. The van der Waals surface area contributed by atoms with Crippen LogP contribution in [0.25, 0.3) is 0 Å². The third kappa shape index (κ3) is 2.72. The van der Waals surface area contributed by atoms with Gasteiger partial charge in [-0.2, -0.15) is 34.3 Å². The van der Waals surface area contributed by atoms with Crippen LogP contribution in [0.2, 0.25) is 0 Å². The normalized spacial score (nSPS) is 22.3. The molecule has 1 unspecified atom stereocenters. The van der Waals surface area contributed by atoms with Gasteiger partial charge in [-0.25, -0.2) is 4.18 Å². The fourth-order valence-electron chi connectivity index (χ4n) is 2.17. The Hall–Kier alpha value is -1.60. The second-order valence-corrected chi connectivity index (χ2v) is 7.40. The van der Waals surface area contributed by atoms with E-state index in [9.17, 15) is 33.9 Å². The zero-order chi connectivity index (χ0) is 17.8. The van der Waals surface area contributed by atoms with Crippen LogP contribution in [0, 0.1) is 0 Å². The van der Waals surface area contributed by atoms with Crippen LogP contribution in [0.3, 0.4) is 0 Å². The van der Waals surface area contributed by atoms with Gasteiger partial charge in [-0.05, 0) is 12.1 Å². The van der Waals surface area contributed by atoms with Gasteiger partial charge in [0.25, 0.3) is 5.85 Å². The van der Waals surface area contributed by atoms with E-state index in [0.29, 0.717) is 6.92 Å². The molecule has 2 rings (SSSR count). The molecule has 0 saturated heterocycles. The molecule has 23 heavy (non-hydrogen) atoms. The van der Waals surface area contributed by atoms with Crippen LogP contribution in [-0.4, -0.2) is 35.2 Å². The van der Waals surface area contributed by atoms with Crippen molar-refractivity contribution in [1.29, 1.82) is 0 Å². The minimum atomic E-state index is -6.20. The first kappa shape index (κ1) is 17.7. The molecule has 0 spiro atoms. The van der Waals surface area contributed by atoms with Gasteiger partial charge in [-0.3, -0.25) is 0 Å². The number of halogens is 4. The van der Waals surface area contributed by atoms with Gasteiger partial charge in [0.2, 0.25) is 0 Å². The topological polar surface area (TPSA) is 84.0 Å². The zero-order valence-corrected chi connectivity index (χ0v) is 13.2. The number of rotatable bonds is 3. The summed E-state index contributed by atoms with van der Waals surface area (Å²) in [6.45, 7) is 0.688. The molecule has 0 saturated carbocycles. The van der Waals surface area contributed by atoms with E-state index in [1.165, 1.54) is 18.2 Å². The molecular formula is C10H10F4N2O5S2. The highest BCUT2D eigenvalue weighted by molar-refractivity contribution is 7.88. The lowest BCUT2D eigenvalue weighted by Gasteiger charge is -2.37. The first-order valence-corrected chi connectivity index (χ1v) is 8.56. The molecule has 0 fully saturated rings. The molecule has 0 N–H and O–H groups in total. The van der Waals surface area contributed by atoms with Crippen LogP contribution in [0.5, 0.6) is 0 Å². The number of fused-ring (bicyclic) bond motifs is 1. The third-order valence-corrected chi connectivity index (χ3v) is 5.30. The predicted molar refractivity (Wildman–Crippen MR) is 71.8 cm³/mol. The molecule has 0 bridgehead atoms. The van der Waals surface area contributed by atoms with Crippen molar-refractivity contribution in [3.8, 4) is 0 Å². The fourth-order valence-corrected chi connectivity index (χ4v) is 3.86.